The predicted octanol–water partition coefficient (Wildman–Crippen LogP) is 4.10. The molecule has 0 bridgehead atoms. The number of benzene rings is 2. The molecule has 3 rings (SSSR count). The quantitative estimate of drug-likeness (QED) is 0.114. The molecule has 11 heteroatoms. The molecule has 3 aromatic rings. The summed E-state index contributed by atoms with van der Waals surface area (Å²) in [5, 5.41) is 14.6. The van der Waals surface area contributed by atoms with Crippen LogP contribution in [0.15, 0.2) is 80.9 Å². The standard InChI is InChI=1S/C22H16BrN3O7/c23-19-12-16(26(29)30)5-9-20(19)32-14-21(27)25-24-13-15-3-6-18(7-4-15)33-22(28)10-8-17-2-1-11-31-17/h1-13H,14H2,(H,25,27)/b10-8+,24-13+. The Morgan fingerprint density at radius 3 is 2.64 bits per heavy atom. The Kier molecular flexibility index (Phi) is 8.08. The lowest BCUT2D eigenvalue weighted by Gasteiger charge is -2.06. The number of halogens is 1. The molecule has 0 aliphatic heterocycles. The number of nitrogens with one attached hydrogen (secondary N) is 1. The maximum absolute atomic E-state index is 11.9. The fourth-order valence-electron chi connectivity index (χ4n) is 2.38. The normalized spacial score (nSPS) is 10.9. The lowest BCUT2D eigenvalue weighted by molar-refractivity contribution is -0.385. The summed E-state index contributed by atoms with van der Waals surface area (Å²) in [5.41, 5.74) is 2.86. The van der Waals surface area contributed by atoms with Crippen LogP contribution in [0, 0.1) is 10.1 Å². The molecule has 1 N–H and O–H groups in total. The molecule has 168 valence electrons. The zero-order valence-electron chi connectivity index (χ0n) is 16.8. The Bertz CT molecular complexity index is 1190. The van der Waals surface area contributed by atoms with Crippen molar-refractivity contribution in [1.29, 1.82) is 0 Å². The Morgan fingerprint density at radius 1 is 1.18 bits per heavy atom. The number of amides is 1. The Balaban J connectivity index is 1.43. The monoisotopic (exact) mass is 513 g/mol. The first-order valence-electron chi connectivity index (χ1n) is 9.33. The van der Waals surface area contributed by atoms with Crippen molar-refractivity contribution in [3.05, 3.63) is 92.8 Å². The largest absolute Gasteiger partial charge is 0.483 e. The predicted molar refractivity (Wildman–Crippen MR) is 122 cm³/mol. The van der Waals surface area contributed by atoms with E-state index in [1.54, 1.807) is 36.4 Å². The van der Waals surface area contributed by atoms with Gasteiger partial charge in [-0.3, -0.25) is 14.9 Å². The number of ether oxygens (including phenoxy) is 2. The fraction of sp³-hybridized carbons (Fsp3) is 0.0455. The van der Waals surface area contributed by atoms with E-state index in [0.29, 0.717) is 21.5 Å². The molecule has 10 nitrogen and oxygen atoms in total. The number of hydrazone groups is 1. The number of esters is 1. The summed E-state index contributed by atoms with van der Waals surface area (Å²) < 4.78 is 15.9. The smallest absolute Gasteiger partial charge is 0.336 e. The van der Waals surface area contributed by atoms with Gasteiger partial charge in [-0.1, -0.05) is 0 Å². The molecule has 0 aliphatic rings. The van der Waals surface area contributed by atoms with Gasteiger partial charge in [-0.15, -0.1) is 0 Å². The van der Waals surface area contributed by atoms with E-state index in [2.05, 4.69) is 26.5 Å². The number of non-ortho nitro benzene ring substituents is 1. The number of carbonyl (C=O) groups excluding carboxylic acids is 2. The highest BCUT2D eigenvalue weighted by molar-refractivity contribution is 9.10. The summed E-state index contributed by atoms with van der Waals surface area (Å²) in [6, 6.07) is 13.8. The molecule has 1 heterocycles. The highest BCUT2D eigenvalue weighted by atomic mass is 79.9. The Morgan fingerprint density at radius 2 is 1.97 bits per heavy atom. The second kappa shape index (κ2) is 11.4. The van der Waals surface area contributed by atoms with Gasteiger partial charge in [0.05, 0.1) is 21.9 Å². The number of nitro groups is 1. The molecule has 0 aliphatic carbocycles. The van der Waals surface area contributed by atoms with E-state index in [-0.39, 0.29) is 18.0 Å². The number of rotatable bonds is 9. The minimum absolute atomic E-state index is 0.102. The third kappa shape index (κ3) is 7.43. The van der Waals surface area contributed by atoms with Crippen LogP contribution in [0.5, 0.6) is 11.5 Å². The third-order valence-corrected chi connectivity index (χ3v) is 4.53. The van der Waals surface area contributed by atoms with Gasteiger partial charge in [-0.25, -0.2) is 10.2 Å². The van der Waals surface area contributed by atoms with Crippen molar-refractivity contribution in [3.8, 4) is 11.5 Å². The van der Waals surface area contributed by atoms with Crippen LogP contribution >= 0.6 is 15.9 Å². The van der Waals surface area contributed by atoms with E-state index < -0.39 is 16.8 Å². The van der Waals surface area contributed by atoms with Gasteiger partial charge in [0, 0.05) is 18.2 Å². The van der Waals surface area contributed by atoms with Crippen LogP contribution in [0.4, 0.5) is 5.69 Å². The summed E-state index contributed by atoms with van der Waals surface area (Å²) in [6.45, 7) is -0.339. The van der Waals surface area contributed by atoms with Crippen molar-refractivity contribution in [1.82, 2.24) is 5.43 Å². The van der Waals surface area contributed by atoms with Gasteiger partial charge < -0.3 is 13.9 Å². The highest BCUT2D eigenvalue weighted by Crippen LogP contribution is 2.28. The molecule has 0 radical (unpaired) electrons. The van der Waals surface area contributed by atoms with Crippen LogP contribution < -0.4 is 14.9 Å². The van der Waals surface area contributed by atoms with Crippen LogP contribution in [0.25, 0.3) is 6.08 Å². The Hall–Kier alpha value is -4.25. The first kappa shape index (κ1) is 23.4. The molecule has 0 saturated carbocycles. The van der Waals surface area contributed by atoms with Gasteiger partial charge in [0.25, 0.3) is 11.6 Å². The molecule has 0 saturated heterocycles. The van der Waals surface area contributed by atoms with E-state index in [4.69, 9.17) is 13.9 Å². The minimum atomic E-state index is -0.556. The molecule has 33 heavy (non-hydrogen) atoms. The van der Waals surface area contributed by atoms with Crippen LogP contribution in [-0.4, -0.2) is 29.6 Å². The lowest BCUT2D eigenvalue weighted by Crippen LogP contribution is -2.24. The van der Waals surface area contributed by atoms with Crippen molar-refractivity contribution in [2.75, 3.05) is 6.61 Å². The lowest BCUT2D eigenvalue weighted by atomic mass is 10.2. The number of furan rings is 1. The highest BCUT2D eigenvalue weighted by Gasteiger charge is 2.11. The first-order valence-corrected chi connectivity index (χ1v) is 10.1. The van der Waals surface area contributed by atoms with E-state index in [1.807, 2.05) is 0 Å². The minimum Gasteiger partial charge on any atom is -0.483 e. The third-order valence-electron chi connectivity index (χ3n) is 3.91. The molecule has 0 unspecified atom stereocenters. The maximum atomic E-state index is 11.9. The van der Waals surface area contributed by atoms with Crippen LogP contribution in [0.2, 0.25) is 0 Å². The van der Waals surface area contributed by atoms with E-state index in [1.165, 1.54) is 42.8 Å². The maximum Gasteiger partial charge on any atom is 0.336 e. The summed E-state index contributed by atoms with van der Waals surface area (Å²) in [5.74, 6) is 0.0766. The summed E-state index contributed by atoms with van der Waals surface area (Å²) >= 11 is 3.16. The van der Waals surface area contributed by atoms with Gasteiger partial charge in [-0.2, -0.15) is 5.10 Å². The average molecular weight is 514 g/mol. The van der Waals surface area contributed by atoms with Crippen LogP contribution in [-0.2, 0) is 9.59 Å². The van der Waals surface area contributed by atoms with Gasteiger partial charge in [-0.05, 0) is 70.0 Å². The van der Waals surface area contributed by atoms with E-state index >= 15 is 0 Å². The SMILES string of the molecule is O=C(COc1ccc([N+](=O)[O-])cc1Br)N/N=C/c1ccc(OC(=O)/C=C/c2ccco2)cc1. The number of nitrogens with zero attached hydrogens (tertiary/aromatic N) is 2. The van der Waals surface area contributed by atoms with E-state index in [9.17, 15) is 19.7 Å². The van der Waals surface area contributed by atoms with Crippen molar-refractivity contribution >= 4 is 45.8 Å². The number of nitro benzene ring substituents is 1. The fourth-order valence-corrected chi connectivity index (χ4v) is 2.86. The van der Waals surface area contributed by atoms with Crippen LogP contribution in [0.3, 0.4) is 0 Å². The second-order valence-corrected chi connectivity index (χ2v) is 7.15. The Labute approximate surface area is 195 Å². The van der Waals surface area contributed by atoms with Gasteiger partial charge in [0.15, 0.2) is 6.61 Å². The topological polar surface area (TPSA) is 133 Å². The van der Waals surface area contributed by atoms with Crippen molar-refractivity contribution in [3.63, 3.8) is 0 Å². The summed E-state index contributed by atoms with van der Waals surface area (Å²) in [7, 11) is 0. The molecule has 0 fully saturated rings. The van der Waals surface area contributed by atoms with Crippen molar-refractivity contribution < 1.29 is 28.4 Å². The molecular formula is C22H16BrN3O7. The second-order valence-electron chi connectivity index (χ2n) is 6.29. The van der Waals surface area contributed by atoms with Gasteiger partial charge in [0.1, 0.15) is 17.3 Å². The summed E-state index contributed by atoms with van der Waals surface area (Å²) in [6.07, 6.45) is 5.65. The number of hydrogen-bond acceptors (Lipinski definition) is 8. The van der Waals surface area contributed by atoms with Crippen LogP contribution in [0.1, 0.15) is 11.3 Å². The average Bonchev–Trinajstić information content (AvgIpc) is 3.32. The summed E-state index contributed by atoms with van der Waals surface area (Å²) in [4.78, 5) is 33.9. The molecule has 0 spiro atoms. The molecule has 1 aromatic heterocycles. The van der Waals surface area contributed by atoms with Gasteiger partial charge in [0.2, 0.25) is 0 Å². The molecule has 0 atom stereocenters. The number of hydrogen-bond donors (Lipinski definition) is 1. The van der Waals surface area contributed by atoms with Gasteiger partial charge >= 0.3 is 5.97 Å². The zero-order valence-corrected chi connectivity index (χ0v) is 18.4. The molecule has 1 amide bonds. The molecule has 2 aromatic carbocycles. The van der Waals surface area contributed by atoms with Crippen molar-refractivity contribution in [2.45, 2.75) is 0 Å². The van der Waals surface area contributed by atoms with E-state index in [0.717, 1.165) is 0 Å². The molecular weight excluding hydrogens is 498 g/mol. The zero-order chi connectivity index (χ0) is 23.6. The van der Waals surface area contributed by atoms with Crippen molar-refractivity contribution in [2.24, 2.45) is 5.10 Å². The number of carbonyl (C=O) groups is 2. The first-order chi connectivity index (χ1) is 15.9.